The van der Waals surface area contributed by atoms with Crippen molar-refractivity contribution in [3.8, 4) is 23.0 Å². The van der Waals surface area contributed by atoms with Crippen molar-refractivity contribution in [1.29, 1.82) is 0 Å². The van der Waals surface area contributed by atoms with Gasteiger partial charge in [0.05, 0.1) is 12.8 Å². The third-order valence-electron chi connectivity index (χ3n) is 3.75. The Balaban J connectivity index is 0.000000517. The van der Waals surface area contributed by atoms with Gasteiger partial charge in [-0.1, -0.05) is 12.1 Å². The number of aliphatic carboxylic acids is 1. The van der Waals surface area contributed by atoms with Gasteiger partial charge in [0.2, 0.25) is 19.5 Å². The number of aliphatic hydroxyl groups excluding tert-OH is 1. The van der Waals surface area contributed by atoms with Gasteiger partial charge >= 0.3 is 16.4 Å². The van der Waals surface area contributed by atoms with Gasteiger partial charge in [0, 0.05) is 7.11 Å². The number of nitrogens with two attached hydrogens (primary N) is 3. The molecular weight excluding hydrogens is 508 g/mol. The predicted molar refractivity (Wildman–Crippen MR) is 123 cm³/mol. The molecule has 0 fully saturated rings. The summed E-state index contributed by atoms with van der Waals surface area (Å²) in [6, 6.07) is 10.5. The maximum Gasteiger partial charge on any atom is 0.394 e. The van der Waals surface area contributed by atoms with E-state index in [2.05, 4.69) is 17.1 Å². The molecule has 202 valence electrons. The van der Waals surface area contributed by atoms with Crippen molar-refractivity contribution in [2.24, 2.45) is 17.5 Å². The molecule has 36 heavy (non-hydrogen) atoms. The van der Waals surface area contributed by atoms with Crippen LogP contribution in [-0.2, 0) is 32.8 Å². The number of ether oxygens (including phenoxy) is 4. The number of amides is 1. The molecule has 0 aliphatic carbocycles. The van der Waals surface area contributed by atoms with E-state index in [1.165, 1.54) is 0 Å². The highest BCUT2D eigenvalue weighted by molar-refractivity contribution is 7.79. The number of aliphatic hydroxyl groups is 1. The van der Waals surface area contributed by atoms with Crippen LogP contribution in [0, 0.1) is 0 Å². The lowest BCUT2D eigenvalue weighted by atomic mass is 10.1. The first-order chi connectivity index (χ1) is 17.0. The summed E-state index contributed by atoms with van der Waals surface area (Å²) in [5, 5.41) is 15.5. The molecule has 2 aliphatic rings. The monoisotopic (exact) mass is 536 g/mol. The van der Waals surface area contributed by atoms with E-state index in [9.17, 15) is 9.59 Å². The molecule has 1 amide bonds. The second-order valence-electron chi connectivity index (χ2n) is 6.14. The standard InChI is InChI=1S/C9H10N2O3.C9H8O4.CH4O.H4N2.H2O4S/c10-11-9(12)4-6-1-2-7-8(3-6)14-5-13-7;10-9(11)4-6-1-2-7-8(3-6)13-5-12-7;2*1-2;1-5(2,3)4/h1-3H,4-5,10H2,(H,11,12);1-3H,4-5H2,(H,10,11);2H,1H3;1-2H2;(H2,1,2,3,4). The normalized spacial score (nSPS) is 11.5. The Bertz CT molecular complexity index is 1070. The first-order valence-electron chi connectivity index (χ1n) is 9.51. The molecular formula is C19H28N4O12S. The second kappa shape index (κ2) is 16.8. The average Bonchev–Trinajstić information content (AvgIpc) is 3.49. The van der Waals surface area contributed by atoms with Gasteiger partial charge in [0.25, 0.3) is 0 Å². The molecule has 0 saturated heterocycles. The first kappa shape index (κ1) is 32.3. The van der Waals surface area contributed by atoms with Crippen molar-refractivity contribution in [2.45, 2.75) is 12.8 Å². The molecule has 0 bridgehead atoms. The van der Waals surface area contributed by atoms with Gasteiger partial charge in [-0.05, 0) is 35.4 Å². The number of carboxylic acid groups (broad SMARTS) is 1. The van der Waals surface area contributed by atoms with Gasteiger partial charge in [0.15, 0.2) is 23.0 Å². The van der Waals surface area contributed by atoms with E-state index >= 15 is 0 Å². The number of carboxylic acids is 1. The summed E-state index contributed by atoms with van der Waals surface area (Å²) in [4.78, 5) is 21.4. The second-order valence-corrected chi connectivity index (χ2v) is 7.03. The van der Waals surface area contributed by atoms with Crippen LogP contribution in [0.15, 0.2) is 36.4 Å². The summed E-state index contributed by atoms with van der Waals surface area (Å²) >= 11 is 0. The minimum atomic E-state index is -4.67. The van der Waals surface area contributed by atoms with Crippen LogP contribution in [0.5, 0.6) is 23.0 Å². The minimum absolute atomic E-state index is 0.0106. The molecule has 17 heteroatoms. The van der Waals surface area contributed by atoms with Crippen LogP contribution >= 0.6 is 0 Å². The summed E-state index contributed by atoms with van der Waals surface area (Å²) in [5.41, 5.74) is 3.63. The number of nitrogens with one attached hydrogen (secondary N) is 1. The molecule has 2 aromatic carbocycles. The molecule has 2 heterocycles. The average molecular weight is 537 g/mol. The third-order valence-corrected chi connectivity index (χ3v) is 3.75. The van der Waals surface area contributed by atoms with Gasteiger partial charge in [-0.2, -0.15) is 8.42 Å². The van der Waals surface area contributed by atoms with Crippen LogP contribution in [0.3, 0.4) is 0 Å². The van der Waals surface area contributed by atoms with Crippen molar-refractivity contribution in [3.05, 3.63) is 47.5 Å². The van der Waals surface area contributed by atoms with Crippen molar-refractivity contribution >= 4 is 22.3 Å². The lowest BCUT2D eigenvalue weighted by Gasteiger charge is -2.01. The molecule has 0 radical (unpaired) electrons. The molecule has 0 aromatic heterocycles. The van der Waals surface area contributed by atoms with Crippen LogP contribution in [0.25, 0.3) is 0 Å². The largest absolute Gasteiger partial charge is 0.481 e. The smallest absolute Gasteiger partial charge is 0.394 e. The van der Waals surface area contributed by atoms with E-state index in [0.29, 0.717) is 23.0 Å². The topological polar surface area (TPSA) is 276 Å². The van der Waals surface area contributed by atoms with E-state index in [0.717, 1.165) is 18.2 Å². The predicted octanol–water partition coefficient (Wildman–Crippen LogP) is -1.24. The van der Waals surface area contributed by atoms with Crippen LogP contribution in [0.2, 0.25) is 0 Å². The Morgan fingerprint density at radius 2 is 1.19 bits per heavy atom. The van der Waals surface area contributed by atoms with Gasteiger partial charge < -0.3 is 29.2 Å². The Kier molecular flexibility index (Phi) is 15.1. The molecule has 2 aliphatic heterocycles. The van der Waals surface area contributed by atoms with Gasteiger partial charge in [-0.25, -0.2) is 5.84 Å². The van der Waals surface area contributed by atoms with Crippen LogP contribution in [0.1, 0.15) is 11.1 Å². The summed E-state index contributed by atoms with van der Waals surface area (Å²) < 4.78 is 52.1. The number of hydrazine groups is 2. The first-order valence-corrected chi connectivity index (χ1v) is 10.9. The zero-order valence-corrected chi connectivity index (χ0v) is 19.8. The molecule has 0 atom stereocenters. The van der Waals surface area contributed by atoms with E-state index in [4.69, 9.17) is 52.5 Å². The van der Waals surface area contributed by atoms with Crippen molar-refractivity contribution in [3.63, 3.8) is 0 Å². The minimum Gasteiger partial charge on any atom is -0.481 e. The summed E-state index contributed by atoms with van der Waals surface area (Å²) in [7, 11) is -3.67. The fourth-order valence-corrected chi connectivity index (χ4v) is 2.51. The lowest BCUT2D eigenvalue weighted by molar-refractivity contribution is -0.136. The Hall–Kier alpha value is -3.71. The van der Waals surface area contributed by atoms with Crippen LogP contribution in [0.4, 0.5) is 0 Å². The molecule has 16 nitrogen and oxygen atoms in total. The number of carbonyl (C=O) groups excluding carboxylic acids is 1. The van der Waals surface area contributed by atoms with Crippen molar-refractivity contribution in [2.75, 3.05) is 20.7 Å². The molecule has 0 spiro atoms. The summed E-state index contributed by atoms with van der Waals surface area (Å²) in [5.74, 6) is 14.6. The van der Waals surface area contributed by atoms with Gasteiger partial charge in [-0.15, -0.1) is 0 Å². The summed E-state index contributed by atoms with van der Waals surface area (Å²) in [6.07, 6.45) is 0.254. The highest BCUT2D eigenvalue weighted by atomic mass is 32.3. The fourth-order valence-electron chi connectivity index (χ4n) is 2.51. The van der Waals surface area contributed by atoms with E-state index in [1.54, 1.807) is 30.3 Å². The van der Waals surface area contributed by atoms with Crippen LogP contribution < -0.4 is 41.9 Å². The highest BCUT2D eigenvalue weighted by Crippen LogP contribution is 2.33. The van der Waals surface area contributed by atoms with Crippen LogP contribution in [-0.4, -0.2) is 60.3 Å². The number of carbonyl (C=O) groups is 2. The van der Waals surface area contributed by atoms with Gasteiger partial charge in [0.1, 0.15) is 0 Å². The fraction of sp³-hybridized carbons (Fsp3) is 0.263. The number of benzene rings is 2. The highest BCUT2D eigenvalue weighted by Gasteiger charge is 2.14. The Labute approximate surface area is 206 Å². The number of fused-ring (bicyclic) bond motifs is 2. The lowest BCUT2D eigenvalue weighted by Crippen LogP contribution is -2.31. The van der Waals surface area contributed by atoms with E-state index in [1.807, 2.05) is 6.07 Å². The third kappa shape index (κ3) is 13.2. The number of hydrogen-bond acceptors (Lipinski definition) is 12. The van der Waals surface area contributed by atoms with Crippen molar-refractivity contribution in [1.82, 2.24) is 5.43 Å². The van der Waals surface area contributed by atoms with Crippen molar-refractivity contribution < 1.29 is 56.3 Å². The van der Waals surface area contributed by atoms with E-state index in [-0.39, 0.29) is 32.3 Å². The summed E-state index contributed by atoms with van der Waals surface area (Å²) in [6.45, 7) is 0.452. The maximum absolute atomic E-state index is 11.0. The quantitative estimate of drug-likeness (QED) is 0.0982. The Morgan fingerprint density at radius 1 is 0.833 bits per heavy atom. The zero-order valence-electron chi connectivity index (χ0n) is 19.0. The maximum atomic E-state index is 11.0. The zero-order chi connectivity index (χ0) is 27.7. The Morgan fingerprint density at radius 3 is 1.56 bits per heavy atom. The molecule has 2 aromatic rings. The number of rotatable bonds is 4. The van der Waals surface area contributed by atoms with E-state index < -0.39 is 16.4 Å². The SMILES string of the molecule is CO.NN.NNC(=O)Cc1ccc2c(c1)OCO2.O=C(O)Cc1ccc2c(c1)OCO2.O=S(=O)(O)O. The number of hydrogen-bond donors (Lipinski definition) is 8. The molecule has 11 N–H and O–H groups in total. The molecule has 4 rings (SSSR count). The molecule has 0 unspecified atom stereocenters. The van der Waals surface area contributed by atoms with Gasteiger partial charge in [-0.3, -0.25) is 35.8 Å². The molecule has 0 saturated carbocycles.